The van der Waals surface area contributed by atoms with Crippen LogP contribution in [0.4, 0.5) is 11.8 Å². The summed E-state index contributed by atoms with van der Waals surface area (Å²) >= 11 is 0. The van der Waals surface area contributed by atoms with Gasteiger partial charge in [0.05, 0.1) is 18.3 Å². The molecule has 4 aromatic rings. The first-order valence-corrected chi connectivity index (χ1v) is 8.76. The molecule has 28 heavy (non-hydrogen) atoms. The summed E-state index contributed by atoms with van der Waals surface area (Å²) in [6.45, 7) is 11.1. The monoisotopic (exact) mass is 373 g/mol. The number of aryl methyl sites for hydroxylation is 1. The quantitative estimate of drug-likeness (QED) is 0.541. The first-order valence-electron chi connectivity index (χ1n) is 8.76. The van der Waals surface area contributed by atoms with Crippen molar-refractivity contribution in [3.8, 4) is 11.3 Å². The van der Waals surface area contributed by atoms with Crippen molar-refractivity contribution in [2.45, 2.75) is 25.8 Å². The predicted octanol–water partition coefficient (Wildman–Crippen LogP) is 2.90. The average molecular weight is 373 g/mol. The Balaban J connectivity index is 1.64. The van der Waals surface area contributed by atoms with Crippen molar-refractivity contribution >= 4 is 17.4 Å². The molecule has 0 atom stereocenters. The zero-order chi connectivity index (χ0) is 19.7. The molecular formula is C19H19N9. The van der Waals surface area contributed by atoms with E-state index in [4.69, 9.17) is 6.57 Å². The van der Waals surface area contributed by atoms with Gasteiger partial charge in [-0.2, -0.15) is 5.10 Å². The molecule has 0 saturated carbocycles. The van der Waals surface area contributed by atoms with Gasteiger partial charge in [0.2, 0.25) is 11.5 Å². The minimum Gasteiger partial charge on any atom is -0.311 e. The highest BCUT2D eigenvalue weighted by Gasteiger charge is 2.26. The van der Waals surface area contributed by atoms with Crippen LogP contribution in [0.25, 0.3) is 21.7 Å². The van der Waals surface area contributed by atoms with Crippen LogP contribution in [0.2, 0.25) is 0 Å². The van der Waals surface area contributed by atoms with E-state index in [9.17, 15) is 0 Å². The lowest BCUT2D eigenvalue weighted by Gasteiger charge is -2.09. The number of rotatable bonds is 5. The number of hydrogen-bond acceptors (Lipinski definition) is 6. The van der Waals surface area contributed by atoms with Crippen LogP contribution in [-0.2, 0) is 13.5 Å². The second-order valence-corrected chi connectivity index (χ2v) is 7.09. The van der Waals surface area contributed by atoms with Crippen LogP contribution in [0.1, 0.15) is 19.7 Å². The molecule has 0 aromatic carbocycles. The largest absolute Gasteiger partial charge is 0.311 e. The summed E-state index contributed by atoms with van der Waals surface area (Å²) < 4.78 is 3.62. The Labute approximate surface area is 161 Å². The van der Waals surface area contributed by atoms with Crippen LogP contribution >= 0.6 is 0 Å². The molecule has 0 aliphatic rings. The molecule has 0 aliphatic carbocycles. The van der Waals surface area contributed by atoms with Gasteiger partial charge in [0.25, 0.3) is 0 Å². The zero-order valence-electron chi connectivity index (χ0n) is 15.8. The summed E-state index contributed by atoms with van der Waals surface area (Å²) in [6.07, 6.45) is 5.86. The van der Waals surface area contributed by atoms with Crippen molar-refractivity contribution in [1.82, 2.24) is 34.3 Å². The molecule has 140 valence electrons. The minimum atomic E-state index is -0.513. The first kappa shape index (κ1) is 17.6. The summed E-state index contributed by atoms with van der Waals surface area (Å²) in [5.41, 5.74) is 1.88. The lowest BCUT2D eigenvalue weighted by molar-refractivity contribution is 0.584. The summed E-state index contributed by atoms with van der Waals surface area (Å²) in [4.78, 5) is 12.5. The second kappa shape index (κ2) is 6.74. The van der Waals surface area contributed by atoms with Crippen molar-refractivity contribution in [2.75, 3.05) is 5.32 Å². The summed E-state index contributed by atoms with van der Waals surface area (Å²) in [5, 5.41) is 15.8. The van der Waals surface area contributed by atoms with Crippen LogP contribution in [-0.4, -0.2) is 39.9 Å². The summed E-state index contributed by atoms with van der Waals surface area (Å²) in [6, 6.07) is 7.59. The van der Waals surface area contributed by atoms with Gasteiger partial charge in [-0.25, -0.2) is 16.5 Å². The van der Waals surface area contributed by atoms with Gasteiger partial charge in [0, 0.05) is 44.9 Å². The maximum Gasteiger partial charge on any atom is 0.234 e. The number of fused-ring (bicyclic) bond motifs is 1. The Morgan fingerprint density at radius 1 is 1.18 bits per heavy atom. The molecule has 0 bridgehead atoms. The highest BCUT2D eigenvalue weighted by Crippen LogP contribution is 2.22. The summed E-state index contributed by atoms with van der Waals surface area (Å²) in [7, 11) is 1.85. The Bertz CT molecular complexity index is 1180. The fourth-order valence-electron chi connectivity index (χ4n) is 2.84. The Kier molecular flexibility index (Phi) is 4.24. The average Bonchev–Trinajstić information content (AvgIpc) is 3.28. The maximum absolute atomic E-state index is 7.31. The van der Waals surface area contributed by atoms with E-state index >= 15 is 0 Å². The molecule has 0 saturated heterocycles. The van der Waals surface area contributed by atoms with Gasteiger partial charge in [0.15, 0.2) is 5.65 Å². The number of anilines is 2. The predicted molar refractivity (Wildman–Crippen MR) is 105 cm³/mol. The number of nitrogens with one attached hydrogen (secondary N) is 1. The van der Waals surface area contributed by atoms with E-state index < -0.39 is 5.54 Å². The van der Waals surface area contributed by atoms with Crippen LogP contribution in [0.3, 0.4) is 0 Å². The first-order chi connectivity index (χ1) is 13.4. The van der Waals surface area contributed by atoms with E-state index in [0.717, 1.165) is 22.9 Å². The number of hydrogen-bond donors (Lipinski definition) is 1. The minimum absolute atomic E-state index is 0.488. The van der Waals surface area contributed by atoms with Crippen molar-refractivity contribution in [1.29, 1.82) is 0 Å². The smallest absolute Gasteiger partial charge is 0.234 e. The lowest BCUT2D eigenvalue weighted by atomic mass is 10.0. The maximum atomic E-state index is 7.31. The highest BCUT2D eigenvalue weighted by atomic mass is 15.3. The highest BCUT2D eigenvalue weighted by molar-refractivity contribution is 5.65. The normalized spacial score (nSPS) is 11.5. The Morgan fingerprint density at radius 3 is 2.79 bits per heavy atom. The molecule has 4 heterocycles. The van der Waals surface area contributed by atoms with Gasteiger partial charge >= 0.3 is 0 Å². The molecule has 1 N–H and O–H groups in total. The van der Waals surface area contributed by atoms with E-state index in [1.807, 2.05) is 55.8 Å². The molecule has 9 nitrogen and oxygen atoms in total. The number of nitrogens with zero attached hydrogens (tertiary/aromatic N) is 8. The third-order valence-electron chi connectivity index (χ3n) is 4.39. The fraction of sp³-hybridized carbons (Fsp3) is 0.263. The Hall–Kier alpha value is -3.80. The molecule has 4 rings (SSSR count). The molecule has 0 amide bonds. The molecule has 4 aromatic heterocycles. The number of aromatic nitrogens is 7. The van der Waals surface area contributed by atoms with E-state index in [2.05, 4.69) is 35.4 Å². The zero-order valence-corrected chi connectivity index (χ0v) is 15.8. The van der Waals surface area contributed by atoms with Crippen LogP contribution in [0.5, 0.6) is 0 Å². The third kappa shape index (κ3) is 3.40. The van der Waals surface area contributed by atoms with E-state index in [1.165, 1.54) is 0 Å². The second-order valence-electron chi connectivity index (χ2n) is 7.09. The van der Waals surface area contributed by atoms with Gasteiger partial charge in [-0.05, 0) is 18.2 Å². The van der Waals surface area contributed by atoms with Crippen molar-refractivity contribution in [3.05, 3.63) is 60.1 Å². The van der Waals surface area contributed by atoms with Gasteiger partial charge in [-0.3, -0.25) is 9.08 Å². The van der Waals surface area contributed by atoms with Crippen LogP contribution < -0.4 is 5.32 Å². The van der Waals surface area contributed by atoms with Gasteiger partial charge in [0.1, 0.15) is 11.6 Å². The molecule has 9 heteroatoms. The fourth-order valence-corrected chi connectivity index (χ4v) is 2.84. The molecule has 0 unspecified atom stereocenters. The molecule has 0 fully saturated rings. The van der Waals surface area contributed by atoms with Crippen LogP contribution in [0, 0.1) is 6.57 Å². The lowest BCUT2D eigenvalue weighted by Crippen LogP contribution is -2.19. The van der Waals surface area contributed by atoms with Gasteiger partial charge in [-0.1, -0.05) is 0 Å². The van der Waals surface area contributed by atoms with E-state index in [0.29, 0.717) is 18.0 Å². The Morgan fingerprint density at radius 2 is 2.04 bits per heavy atom. The number of pyridine rings is 1. The summed E-state index contributed by atoms with van der Waals surface area (Å²) in [5.74, 6) is 2.06. The molecule has 0 aliphatic heterocycles. The van der Waals surface area contributed by atoms with Crippen LogP contribution in [0.15, 0.2) is 42.9 Å². The van der Waals surface area contributed by atoms with Crippen molar-refractivity contribution in [3.63, 3.8) is 0 Å². The van der Waals surface area contributed by atoms with Crippen molar-refractivity contribution in [2.24, 2.45) is 7.05 Å². The SMILES string of the molecule is [C-]#[N+]C(C)(C)Cc1nnc2cc(-c3ccnc(Nc4ccnn4C)n3)ccn12. The molecule has 0 spiro atoms. The molecular weight excluding hydrogens is 354 g/mol. The molecule has 0 radical (unpaired) electrons. The standard InChI is InChI=1S/C19H19N9/c1-19(2,20-3)12-17-26-25-16-11-13(7-10-28(16)17)14-5-8-21-18(23-14)24-15-6-9-22-27(15)4/h5-11H,12H2,1-2,4H3,(H,21,23,24). The van der Waals surface area contributed by atoms with E-state index in [1.54, 1.807) is 17.1 Å². The van der Waals surface area contributed by atoms with E-state index in [-0.39, 0.29) is 0 Å². The van der Waals surface area contributed by atoms with Crippen molar-refractivity contribution < 1.29 is 0 Å². The van der Waals surface area contributed by atoms with Gasteiger partial charge < -0.3 is 10.2 Å². The topological polar surface area (TPSA) is 90.2 Å². The van der Waals surface area contributed by atoms with Gasteiger partial charge in [-0.15, -0.1) is 10.2 Å². The third-order valence-corrected chi connectivity index (χ3v) is 4.39.